The molecule has 0 spiro atoms. The second kappa shape index (κ2) is 10.4. The molecular formula is C26H32N4O3S. The number of benzene rings is 2. The van der Waals surface area contributed by atoms with E-state index in [0.717, 1.165) is 60.0 Å². The molecule has 0 radical (unpaired) electrons. The maximum atomic E-state index is 12.6. The van der Waals surface area contributed by atoms with Crippen LogP contribution in [0.3, 0.4) is 0 Å². The van der Waals surface area contributed by atoms with Gasteiger partial charge in [0, 0.05) is 44.8 Å². The fraction of sp³-hybridized carbons (Fsp3) is 0.462. The molecule has 1 fully saturated rings. The number of fused-ring (bicyclic) bond motifs is 2. The van der Waals surface area contributed by atoms with E-state index in [2.05, 4.69) is 44.4 Å². The molecule has 34 heavy (non-hydrogen) atoms. The van der Waals surface area contributed by atoms with E-state index in [0.29, 0.717) is 13.1 Å². The predicted octanol–water partition coefficient (Wildman–Crippen LogP) is 2.25. The Labute approximate surface area is 204 Å². The van der Waals surface area contributed by atoms with Gasteiger partial charge >= 0.3 is 0 Å². The average molecular weight is 481 g/mol. The highest BCUT2D eigenvalue weighted by Gasteiger charge is 2.25. The van der Waals surface area contributed by atoms with Crippen molar-refractivity contribution < 1.29 is 14.6 Å². The Bertz CT molecular complexity index is 1120. The maximum Gasteiger partial charge on any atom is 0.234 e. The molecule has 2 N–H and O–H groups in total. The van der Waals surface area contributed by atoms with Crippen molar-refractivity contribution in [2.24, 2.45) is 0 Å². The molecule has 1 aliphatic carbocycles. The lowest BCUT2D eigenvalue weighted by Gasteiger charge is -2.35. The van der Waals surface area contributed by atoms with Crippen LogP contribution in [0.2, 0.25) is 0 Å². The molecule has 0 saturated carbocycles. The molecular weight excluding hydrogens is 448 g/mol. The van der Waals surface area contributed by atoms with Gasteiger partial charge in [0.1, 0.15) is 18.5 Å². The van der Waals surface area contributed by atoms with E-state index in [1.54, 1.807) is 11.3 Å². The van der Waals surface area contributed by atoms with Crippen LogP contribution < -0.4 is 10.1 Å². The first-order chi connectivity index (χ1) is 16.5. The first kappa shape index (κ1) is 23.2. The summed E-state index contributed by atoms with van der Waals surface area (Å²) in [7, 11) is 0. The van der Waals surface area contributed by atoms with Gasteiger partial charge in [-0.2, -0.15) is 0 Å². The van der Waals surface area contributed by atoms with E-state index in [9.17, 15) is 9.90 Å². The van der Waals surface area contributed by atoms with Crippen LogP contribution in [-0.2, 0) is 17.6 Å². The molecule has 180 valence electrons. The number of hydrogen-bond donors (Lipinski definition) is 2. The van der Waals surface area contributed by atoms with Gasteiger partial charge in [0.25, 0.3) is 0 Å². The van der Waals surface area contributed by atoms with Gasteiger partial charge in [0.2, 0.25) is 5.91 Å². The Morgan fingerprint density at radius 3 is 2.59 bits per heavy atom. The number of hydrogen-bond acceptors (Lipinski definition) is 7. The number of piperazine rings is 1. The number of thiazole rings is 1. The number of aliphatic hydroxyl groups excluding tert-OH is 1. The van der Waals surface area contributed by atoms with Gasteiger partial charge in [-0.25, -0.2) is 4.98 Å². The van der Waals surface area contributed by atoms with Crippen LogP contribution in [0, 0.1) is 6.92 Å². The highest BCUT2D eigenvalue weighted by molar-refractivity contribution is 7.18. The summed E-state index contributed by atoms with van der Waals surface area (Å²) in [5.41, 5.74) is 3.64. The highest BCUT2D eigenvalue weighted by Crippen LogP contribution is 2.25. The number of nitrogens with zero attached hydrogens (tertiary/aromatic N) is 3. The van der Waals surface area contributed by atoms with Crippen LogP contribution >= 0.6 is 11.3 Å². The third-order valence-electron chi connectivity index (χ3n) is 6.63. The first-order valence-electron chi connectivity index (χ1n) is 12.0. The lowest BCUT2D eigenvalue weighted by Crippen LogP contribution is -2.52. The minimum atomic E-state index is -0.563. The van der Waals surface area contributed by atoms with Crippen molar-refractivity contribution in [2.45, 2.75) is 31.9 Å². The zero-order valence-corrected chi connectivity index (χ0v) is 20.4. The lowest BCUT2D eigenvalue weighted by atomic mass is 10.1. The van der Waals surface area contributed by atoms with Gasteiger partial charge in [-0.3, -0.25) is 14.6 Å². The van der Waals surface area contributed by atoms with Gasteiger partial charge in [0.05, 0.1) is 21.8 Å². The molecule has 2 heterocycles. The summed E-state index contributed by atoms with van der Waals surface area (Å²) in [4.78, 5) is 21.5. The SMILES string of the molecule is Cc1nc2cc(OC[C@H](O)CN3CCN(CC(=O)NC4Cc5ccccc5C4)CC3)ccc2s1. The molecule has 0 bridgehead atoms. The molecule has 2 aliphatic rings. The number of nitrogens with one attached hydrogen (secondary N) is 1. The van der Waals surface area contributed by atoms with Gasteiger partial charge in [0.15, 0.2) is 0 Å². The topological polar surface area (TPSA) is 77.9 Å². The summed E-state index contributed by atoms with van der Waals surface area (Å²) in [6.45, 7) is 6.57. The van der Waals surface area contributed by atoms with Gasteiger partial charge in [-0.15, -0.1) is 11.3 Å². The Morgan fingerprint density at radius 2 is 1.85 bits per heavy atom. The van der Waals surface area contributed by atoms with E-state index < -0.39 is 6.10 Å². The Kier molecular flexibility index (Phi) is 7.10. The van der Waals surface area contributed by atoms with Crippen molar-refractivity contribution in [3.63, 3.8) is 0 Å². The van der Waals surface area contributed by atoms with E-state index in [1.165, 1.54) is 11.1 Å². The number of aryl methyl sites for hydroxylation is 1. The molecule has 7 nitrogen and oxygen atoms in total. The second-order valence-corrected chi connectivity index (χ2v) is 10.6. The van der Waals surface area contributed by atoms with Crippen molar-refractivity contribution in [2.75, 3.05) is 45.9 Å². The molecule has 1 amide bonds. The van der Waals surface area contributed by atoms with Crippen molar-refractivity contribution in [1.29, 1.82) is 0 Å². The summed E-state index contributed by atoms with van der Waals surface area (Å²) in [6, 6.07) is 14.5. The number of rotatable bonds is 8. The standard InChI is InChI=1S/C26H32N4O3S/c1-18-27-24-14-23(6-7-25(24)34-18)33-17-22(31)15-29-8-10-30(11-9-29)16-26(32)28-21-12-19-4-2-3-5-20(19)13-21/h2-7,14,21-22,31H,8-13,15-17H2,1H3,(H,28,32)/t22-/m1/s1. The van der Waals surface area contributed by atoms with Crippen LogP contribution in [0.4, 0.5) is 0 Å². The highest BCUT2D eigenvalue weighted by atomic mass is 32.1. The van der Waals surface area contributed by atoms with E-state index in [1.807, 2.05) is 25.1 Å². The van der Waals surface area contributed by atoms with Gasteiger partial charge in [-0.05, 0) is 43.0 Å². The van der Waals surface area contributed by atoms with Gasteiger partial charge < -0.3 is 15.2 Å². The maximum absolute atomic E-state index is 12.6. The molecule has 1 atom stereocenters. The number of carbonyl (C=O) groups is 1. The zero-order valence-electron chi connectivity index (χ0n) is 19.6. The number of aliphatic hydroxyl groups is 1. The van der Waals surface area contributed by atoms with Crippen molar-refractivity contribution in [3.8, 4) is 5.75 Å². The largest absolute Gasteiger partial charge is 0.491 e. The normalized spacial score (nSPS) is 18.2. The minimum absolute atomic E-state index is 0.104. The fourth-order valence-corrected chi connectivity index (χ4v) is 5.73. The van der Waals surface area contributed by atoms with Crippen molar-refractivity contribution in [1.82, 2.24) is 20.1 Å². The molecule has 3 aromatic rings. The number of amides is 1. The average Bonchev–Trinajstić information content (AvgIpc) is 3.40. The monoisotopic (exact) mass is 480 g/mol. The third kappa shape index (κ3) is 5.75. The van der Waals surface area contributed by atoms with E-state index in [4.69, 9.17) is 4.74 Å². The second-order valence-electron chi connectivity index (χ2n) is 9.35. The Morgan fingerprint density at radius 1 is 1.15 bits per heavy atom. The first-order valence-corrected chi connectivity index (χ1v) is 12.8. The van der Waals surface area contributed by atoms with Crippen LogP contribution in [0.5, 0.6) is 5.75 Å². The number of ether oxygens (including phenoxy) is 1. The molecule has 1 aliphatic heterocycles. The number of aromatic nitrogens is 1. The van der Waals surface area contributed by atoms with Crippen molar-refractivity contribution >= 4 is 27.5 Å². The summed E-state index contributed by atoms with van der Waals surface area (Å²) < 4.78 is 6.96. The van der Waals surface area contributed by atoms with E-state index >= 15 is 0 Å². The van der Waals surface area contributed by atoms with Gasteiger partial charge in [-0.1, -0.05) is 24.3 Å². The number of β-amino-alcohol motifs (C(OH)–C–C–N with tert-alkyl or cyclic N) is 1. The Hall–Kier alpha value is -2.52. The van der Waals surface area contributed by atoms with Crippen LogP contribution in [0.1, 0.15) is 16.1 Å². The minimum Gasteiger partial charge on any atom is -0.491 e. The molecule has 5 rings (SSSR count). The van der Waals surface area contributed by atoms with E-state index in [-0.39, 0.29) is 18.6 Å². The lowest BCUT2D eigenvalue weighted by molar-refractivity contribution is -0.123. The zero-order chi connectivity index (χ0) is 23.5. The number of carbonyl (C=O) groups excluding carboxylic acids is 1. The molecule has 1 saturated heterocycles. The summed E-state index contributed by atoms with van der Waals surface area (Å²) >= 11 is 1.67. The smallest absolute Gasteiger partial charge is 0.234 e. The quantitative estimate of drug-likeness (QED) is 0.515. The van der Waals surface area contributed by atoms with Crippen molar-refractivity contribution in [3.05, 3.63) is 58.6 Å². The summed E-state index contributed by atoms with van der Waals surface area (Å²) in [5.74, 6) is 0.838. The predicted molar refractivity (Wildman–Crippen MR) is 135 cm³/mol. The molecule has 8 heteroatoms. The summed E-state index contributed by atoms with van der Waals surface area (Å²) in [6.07, 6.45) is 1.28. The third-order valence-corrected chi connectivity index (χ3v) is 7.58. The van der Waals surface area contributed by atoms with Crippen LogP contribution in [0.25, 0.3) is 10.2 Å². The molecule has 0 unspecified atom stereocenters. The summed E-state index contributed by atoms with van der Waals surface area (Å²) in [5, 5.41) is 14.7. The Balaban J connectivity index is 1.00. The molecule has 2 aromatic carbocycles. The van der Waals surface area contributed by atoms with Crippen LogP contribution in [0.15, 0.2) is 42.5 Å². The van der Waals surface area contributed by atoms with Crippen LogP contribution in [-0.4, -0.2) is 83.8 Å². The fourth-order valence-electron chi connectivity index (χ4n) is 4.92. The molecule has 1 aromatic heterocycles.